The van der Waals surface area contributed by atoms with Crippen LogP contribution in [0.25, 0.3) is 5.69 Å². The SMILES string of the molecule is CCCCN(CC(=O)N1c2ccccc2-n2cccc2C1c1cc(OC)ccc1OC)C(=O)Nc1ccc(C)c(C)c1. The van der Waals surface area contributed by atoms with E-state index in [-0.39, 0.29) is 18.5 Å². The summed E-state index contributed by atoms with van der Waals surface area (Å²) in [5.41, 5.74) is 6.30. The van der Waals surface area contributed by atoms with E-state index in [1.807, 2.05) is 92.8 Å². The molecule has 5 rings (SSSR count). The van der Waals surface area contributed by atoms with Crippen molar-refractivity contribution in [3.05, 3.63) is 101 Å². The molecule has 0 saturated carbocycles. The van der Waals surface area contributed by atoms with Crippen LogP contribution in [-0.2, 0) is 4.79 Å². The fourth-order valence-corrected chi connectivity index (χ4v) is 5.47. The Bertz CT molecular complexity index is 1590. The van der Waals surface area contributed by atoms with Gasteiger partial charge in [-0.1, -0.05) is 31.5 Å². The molecule has 0 spiro atoms. The normalized spacial score (nSPS) is 13.6. The van der Waals surface area contributed by atoms with Crippen LogP contribution in [0.15, 0.2) is 79.0 Å². The van der Waals surface area contributed by atoms with Gasteiger partial charge < -0.3 is 24.3 Å². The standard InChI is InChI=1S/C34H38N4O4/c1-6-7-18-36(34(40)35-25-15-14-23(2)24(3)20-25)22-32(39)38-29-12-9-8-11-28(29)37-19-10-13-30(37)33(38)27-21-26(41-4)16-17-31(27)42-5/h8-17,19-21,33H,6-7,18,22H2,1-5H3,(H,35,40). The highest BCUT2D eigenvalue weighted by atomic mass is 16.5. The predicted molar refractivity (Wildman–Crippen MR) is 166 cm³/mol. The van der Waals surface area contributed by atoms with E-state index in [1.54, 1.807) is 24.0 Å². The number of aryl methyl sites for hydroxylation is 2. The molecule has 8 heteroatoms. The van der Waals surface area contributed by atoms with Gasteiger partial charge in [0.2, 0.25) is 5.91 Å². The largest absolute Gasteiger partial charge is 0.497 e. The van der Waals surface area contributed by atoms with Crippen LogP contribution in [0.2, 0.25) is 0 Å². The van der Waals surface area contributed by atoms with Crippen LogP contribution in [0.5, 0.6) is 11.5 Å². The minimum Gasteiger partial charge on any atom is -0.497 e. The third-order valence-electron chi connectivity index (χ3n) is 7.87. The molecule has 2 heterocycles. The number of aromatic nitrogens is 1. The van der Waals surface area contributed by atoms with Crippen LogP contribution < -0.4 is 19.7 Å². The van der Waals surface area contributed by atoms with Gasteiger partial charge in [0.1, 0.15) is 24.1 Å². The number of anilines is 2. The smallest absolute Gasteiger partial charge is 0.322 e. The number of para-hydroxylation sites is 2. The molecule has 4 aromatic rings. The van der Waals surface area contributed by atoms with Crippen LogP contribution in [0.1, 0.15) is 48.2 Å². The Labute approximate surface area is 247 Å². The molecule has 8 nitrogen and oxygen atoms in total. The predicted octanol–water partition coefficient (Wildman–Crippen LogP) is 6.88. The van der Waals surface area contributed by atoms with Gasteiger partial charge in [0, 0.05) is 24.0 Å². The van der Waals surface area contributed by atoms with Gasteiger partial charge in [-0.25, -0.2) is 4.79 Å². The number of urea groups is 1. The molecule has 1 aromatic heterocycles. The van der Waals surface area contributed by atoms with Crippen molar-refractivity contribution in [3.63, 3.8) is 0 Å². The highest BCUT2D eigenvalue weighted by Crippen LogP contribution is 2.45. The number of carbonyl (C=O) groups is 2. The molecule has 0 bridgehead atoms. The fraction of sp³-hybridized carbons (Fsp3) is 0.294. The second kappa shape index (κ2) is 12.4. The molecule has 1 N–H and O–H groups in total. The molecule has 3 aromatic carbocycles. The van der Waals surface area contributed by atoms with E-state index in [2.05, 4.69) is 16.8 Å². The lowest BCUT2D eigenvalue weighted by molar-refractivity contribution is -0.119. The van der Waals surface area contributed by atoms with E-state index < -0.39 is 6.04 Å². The van der Waals surface area contributed by atoms with Crippen LogP contribution in [0.4, 0.5) is 16.2 Å². The molecular formula is C34H38N4O4. The van der Waals surface area contributed by atoms with Gasteiger partial charge in [0.05, 0.1) is 31.3 Å². The number of ether oxygens (including phenoxy) is 2. The van der Waals surface area contributed by atoms with Gasteiger partial charge in [0.15, 0.2) is 0 Å². The van der Waals surface area contributed by atoms with Crippen molar-refractivity contribution in [2.24, 2.45) is 0 Å². The molecule has 1 unspecified atom stereocenters. The molecule has 1 aliphatic heterocycles. The minimum atomic E-state index is -0.511. The maximum atomic E-state index is 14.5. The maximum absolute atomic E-state index is 14.5. The summed E-state index contributed by atoms with van der Waals surface area (Å²) in [6, 6.07) is 22.4. The Balaban J connectivity index is 1.55. The minimum absolute atomic E-state index is 0.0888. The Hall–Kier alpha value is -4.72. The zero-order chi connectivity index (χ0) is 29.8. The van der Waals surface area contributed by atoms with Crippen LogP contribution in [0.3, 0.4) is 0 Å². The van der Waals surface area contributed by atoms with Gasteiger partial charge in [-0.3, -0.25) is 9.69 Å². The Morgan fingerprint density at radius 2 is 1.69 bits per heavy atom. The average molecular weight is 567 g/mol. The molecule has 0 aliphatic carbocycles. The summed E-state index contributed by atoms with van der Waals surface area (Å²) in [5.74, 6) is 1.10. The summed E-state index contributed by atoms with van der Waals surface area (Å²) in [6.45, 7) is 6.49. The molecule has 0 saturated heterocycles. The number of hydrogen-bond acceptors (Lipinski definition) is 4. The van der Waals surface area contributed by atoms with Crippen molar-refractivity contribution < 1.29 is 19.1 Å². The van der Waals surface area contributed by atoms with E-state index in [9.17, 15) is 9.59 Å². The van der Waals surface area contributed by atoms with E-state index in [0.717, 1.165) is 46.6 Å². The first-order valence-electron chi connectivity index (χ1n) is 14.3. The molecule has 1 atom stereocenters. The van der Waals surface area contributed by atoms with Crippen molar-refractivity contribution >= 4 is 23.3 Å². The second-order valence-electron chi connectivity index (χ2n) is 10.6. The lowest BCUT2D eigenvalue weighted by atomic mass is 9.96. The number of nitrogens with one attached hydrogen (secondary N) is 1. The average Bonchev–Trinajstić information content (AvgIpc) is 3.50. The first-order valence-corrected chi connectivity index (χ1v) is 14.3. The topological polar surface area (TPSA) is 76.0 Å². The second-order valence-corrected chi connectivity index (χ2v) is 10.6. The van der Waals surface area contributed by atoms with Gasteiger partial charge in [-0.05, 0) is 86.0 Å². The number of methoxy groups -OCH3 is 2. The first-order chi connectivity index (χ1) is 20.4. The highest BCUT2D eigenvalue weighted by Gasteiger charge is 2.38. The molecular weight excluding hydrogens is 528 g/mol. The van der Waals surface area contributed by atoms with E-state index in [4.69, 9.17) is 9.47 Å². The molecule has 42 heavy (non-hydrogen) atoms. The Morgan fingerprint density at radius 1 is 0.905 bits per heavy atom. The number of nitrogens with zero attached hydrogens (tertiary/aromatic N) is 3. The van der Waals surface area contributed by atoms with Crippen molar-refractivity contribution in [2.45, 2.75) is 39.7 Å². The Kier molecular flexibility index (Phi) is 8.52. The quantitative estimate of drug-likeness (QED) is 0.240. The zero-order valence-corrected chi connectivity index (χ0v) is 24.9. The monoisotopic (exact) mass is 566 g/mol. The molecule has 1 aliphatic rings. The number of fused-ring (bicyclic) bond motifs is 3. The fourth-order valence-electron chi connectivity index (χ4n) is 5.47. The highest BCUT2D eigenvalue weighted by molar-refractivity contribution is 6.01. The van der Waals surface area contributed by atoms with Crippen molar-refractivity contribution in [3.8, 4) is 17.2 Å². The third kappa shape index (κ3) is 5.57. The van der Waals surface area contributed by atoms with Gasteiger partial charge >= 0.3 is 6.03 Å². The van der Waals surface area contributed by atoms with Gasteiger partial charge in [-0.15, -0.1) is 0 Å². The molecule has 0 fully saturated rings. The molecule has 0 radical (unpaired) electrons. The zero-order valence-electron chi connectivity index (χ0n) is 24.9. The number of benzene rings is 3. The molecule has 218 valence electrons. The van der Waals surface area contributed by atoms with Crippen LogP contribution in [-0.4, -0.2) is 48.7 Å². The van der Waals surface area contributed by atoms with Gasteiger partial charge in [-0.2, -0.15) is 0 Å². The number of rotatable bonds is 9. The van der Waals surface area contributed by atoms with E-state index >= 15 is 0 Å². The summed E-state index contributed by atoms with van der Waals surface area (Å²) < 4.78 is 13.5. The van der Waals surface area contributed by atoms with Crippen molar-refractivity contribution in [2.75, 3.05) is 37.5 Å². The lowest BCUT2D eigenvalue weighted by Gasteiger charge is -2.40. The summed E-state index contributed by atoms with van der Waals surface area (Å²) in [5, 5.41) is 3.01. The van der Waals surface area contributed by atoms with E-state index in [1.165, 1.54) is 0 Å². The van der Waals surface area contributed by atoms with Crippen molar-refractivity contribution in [1.82, 2.24) is 9.47 Å². The maximum Gasteiger partial charge on any atom is 0.322 e. The number of hydrogen-bond donors (Lipinski definition) is 1. The van der Waals surface area contributed by atoms with E-state index in [0.29, 0.717) is 23.7 Å². The number of carbonyl (C=O) groups excluding carboxylic acids is 2. The van der Waals surface area contributed by atoms with Crippen LogP contribution >= 0.6 is 0 Å². The van der Waals surface area contributed by atoms with Crippen LogP contribution in [0, 0.1) is 13.8 Å². The summed E-state index contributed by atoms with van der Waals surface area (Å²) >= 11 is 0. The first kappa shape index (κ1) is 28.8. The third-order valence-corrected chi connectivity index (χ3v) is 7.87. The molecule has 3 amide bonds. The Morgan fingerprint density at radius 3 is 2.40 bits per heavy atom. The number of unbranched alkanes of at least 4 members (excludes halogenated alkanes) is 1. The van der Waals surface area contributed by atoms with Crippen molar-refractivity contribution in [1.29, 1.82) is 0 Å². The lowest BCUT2D eigenvalue weighted by Crippen LogP contribution is -2.48. The summed E-state index contributed by atoms with van der Waals surface area (Å²) in [6.07, 6.45) is 3.67. The summed E-state index contributed by atoms with van der Waals surface area (Å²) in [4.78, 5) is 31.5. The summed E-state index contributed by atoms with van der Waals surface area (Å²) in [7, 11) is 3.24. The number of amides is 3. The van der Waals surface area contributed by atoms with Gasteiger partial charge in [0.25, 0.3) is 0 Å².